The smallest absolute Gasteiger partial charge is 0.0536 e. The van der Waals surface area contributed by atoms with E-state index < -0.39 is 10.8 Å². The molecule has 0 aliphatic rings. The van der Waals surface area contributed by atoms with Gasteiger partial charge in [-0.15, -0.1) is 0 Å². The summed E-state index contributed by atoms with van der Waals surface area (Å²) in [6, 6.07) is 0. The summed E-state index contributed by atoms with van der Waals surface area (Å²) >= 11 is 0. The third-order valence-corrected chi connectivity index (χ3v) is 3.19. The summed E-state index contributed by atoms with van der Waals surface area (Å²) in [4.78, 5) is 0.965. The summed E-state index contributed by atoms with van der Waals surface area (Å²) in [5.74, 6) is 0. The van der Waals surface area contributed by atoms with E-state index in [0.29, 0.717) is 0 Å². The van der Waals surface area contributed by atoms with Crippen molar-refractivity contribution in [2.45, 2.75) is 39.4 Å². The molecule has 0 amide bonds. The van der Waals surface area contributed by atoms with Gasteiger partial charge in [-0.3, -0.25) is 4.21 Å². The van der Waals surface area contributed by atoms with Crippen molar-refractivity contribution in [1.29, 1.82) is 0 Å². The van der Waals surface area contributed by atoms with Crippen LogP contribution in [0.4, 0.5) is 0 Å². The number of rotatable bonds is 1. The average molecular weight is 160 g/mol. The van der Waals surface area contributed by atoms with E-state index in [1.807, 2.05) is 40.7 Å². The molecule has 0 aromatic carbocycles. The third kappa shape index (κ3) is 2.65. The highest BCUT2D eigenvalue weighted by Crippen LogP contribution is 2.17. The van der Waals surface area contributed by atoms with Crippen LogP contribution in [0.15, 0.2) is 11.0 Å². The molecule has 1 atom stereocenters. The molecule has 0 bridgehead atoms. The van der Waals surface area contributed by atoms with Crippen LogP contribution >= 0.6 is 0 Å². The molecule has 0 fully saturated rings. The number of hydrogen-bond acceptors (Lipinski definition) is 1. The minimum Gasteiger partial charge on any atom is -0.254 e. The quantitative estimate of drug-likeness (QED) is 0.576. The van der Waals surface area contributed by atoms with Gasteiger partial charge in [-0.1, -0.05) is 6.08 Å². The van der Waals surface area contributed by atoms with Gasteiger partial charge in [0.25, 0.3) is 0 Å². The fourth-order valence-corrected chi connectivity index (χ4v) is 1.77. The van der Waals surface area contributed by atoms with Gasteiger partial charge >= 0.3 is 0 Å². The predicted molar refractivity (Wildman–Crippen MR) is 47.3 cm³/mol. The number of allylic oxidation sites excluding steroid dienone is 2. The Morgan fingerprint density at radius 2 is 1.80 bits per heavy atom. The van der Waals surface area contributed by atoms with Gasteiger partial charge in [0.05, 0.1) is 10.8 Å². The molecule has 0 N–H and O–H groups in total. The Morgan fingerprint density at radius 3 is 1.90 bits per heavy atom. The van der Waals surface area contributed by atoms with Gasteiger partial charge < -0.3 is 0 Å². The van der Waals surface area contributed by atoms with Gasteiger partial charge in [0, 0.05) is 9.65 Å². The second kappa shape index (κ2) is 3.33. The summed E-state index contributed by atoms with van der Waals surface area (Å²) in [5, 5.41) is 0. The summed E-state index contributed by atoms with van der Waals surface area (Å²) < 4.78 is 11.3. The molecule has 1 unspecified atom stereocenters. The molecule has 0 saturated heterocycles. The molecule has 0 aromatic heterocycles. The first kappa shape index (κ1) is 9.89. The van der Waals surface area contributed by atoms with E-state index in [1.165, 1.54) is 0 Å². The van der Waals surface area contributed by atoms with Crippen molar-refractivity contribution in [2.24, 2.45) is 0 Å². The van der Waals surface area contributed by atoms with Gasteiger partial charge in [-0.2, -0.15) is 0 Å². The van der Waals surface area contributed by atoms with Crippen molar-refractivity contribution in [3.63, 3.8) is 0 Å². The van der Waals surface area contributed by atoms with Crippen LogP contribution in [0.5, 0.6) is 0 Å². The zero-order valence-electron chi connectivity index (χ0n) is 7.39. The molecule has 0 radical (unpaired) electrons. The van der Waals surface area contributed by atoms with E-state index in [1.54, 1.807) is 0 Å². The minimum atomic E-state index is -0.821. The van der Waals surface area contributed by atoms with Gasteiger partial charge in [0.2, 0.25) is 0 Å². The Hall–Kier alpha value is -0.110. The Bertz CT molecular complexity index is 163. The SMILES string of the molecule is CC=C(C)S(=O)C(C)(C)C. The molecule has 0 saturated carbocycles. The van der Waals surface area contributed by atoms with E-state index in [4.69, 9.17) is 0 Å². The van der Waals surface area contributed by atoms with Gasteiger partial charge in [0.15, 0.2) is 0 Å². The van der Waals surface area contributed by atoms with Crippen molar-refractivity contribution in [1.82, 2.24) is 0 Å². The normalized spacial score (nSPS) is 17.1. The lowest BCUT2D eigenvalue weighted by Gasteiger charge is -2.17. The van der Waals surface area contributed by atoms with Crippen LogP contribution in [0.3, 0.4) is 0 Å². The summed E-state index contributed by atoms with van der Waals surface area (Å²) in [7, 11) is -0.821. The molecule has 0 aliphatic carbocycles. The standard InChI is InChI=1S/C8H16OS/c1-6-7(2)10(9)8(3,4)5/h6H,1-5H3. The summed E-state index contributed by atoms with van der Waals surface area (Å²) in [6.07, 6.45) is 1.90. The molecule has 1 nitrogen and oxygen atoms in total. The fraction of sp³-hybridized carbons (Fsp3) is 0.750. The molecule has 0 rings (SSSR count). The van der Waals surface area contributed by atoms with Crippen molar-refractivity contribution >= 4 is 10.8 Å². The van der Waals surface area contributed by atoms with E-state index in [9.17, 15) is 4.21 Å². The van der Waals surface area contributed by atoms with Crippen molar-refractivity contribution in [2.75, 3.05) is 0 Å². The first-order valence-corrected chi connectivity index (χ1v) is 4.59. The zero-order valence-corrected chi connectivity index (χ0v) is 8.21. The molecular formula is C8H16OS. The molecule has 0 aliphatic heterocycles. The highest BCUT2D eigenvalue weighted by atomic mass is 32.2. The number of hydrogen-bond donors (Lipinski definition) is 0. The maximum absolute atomic E-state index is 11.4. The highest BCUT2D eigenvalue weighted by Gasteiger charge is 2.19. The largest absolute Gasteiger partial charge is 0.254 e. The molecule has 10 heavy (non-hydrogen) atoms. The molecule has 0 heterocycles. The first-order chi connectivity index (χ1) is 4.39. The van der Waals surface area contributed by atoms with Crippen LogP contribution in [0.25, 0.3) is 0 Å². The second-order valence-corrected chi connectivity index (χ2v) is 5.69. The van der Waals surface area contributed by atoms with Crippen LogP contribution in [0, 0.1) is 0 Å². The van der Waals surface area contributed by atoms with Crippen LogP contribution in [-0.4, -0.2) is 8.96 Å². The van der Waals surface area contributed by atoms with E-state index in [-0.39, 0.29) is 4.75 Å². The maximum Gasteiger partial charge on any atom is 0.0536 e. The lowest BCUT2D eigenvalue weighted by Crippen LogP contribution is -2.21. The Balaban J connectivity index is 4.39. The van der Waals surface area contributed by atoms with Crippen LogP contribution in [-0.2, 0) is 10.8 Å². The molecule has 2 heteroatoms. The average Bonchev–Trinajstić information content (AvgIpc) is 1.83. The van der Waals surface area contributed by atoms with E-state index in [2.05, 4.69) is 0 Å². The lowest BCUT2D eigenvalue weighted by molar-refractivity contribution is 0.654. The van der Waals surface area contributed by atoms with Crippen molar-refractivity contribution in [3.8, 4) is 0 Å². The topological polar surface area (TPSA) is 17.1 Å². The van der Waals surface area contributed by atoms with Gasteiger partial charge in [-0.05, 0) is 34.6 Å². The minimum absolute atomic E-state index is 0.114. The Kier molecular flexibility index (Phi) is 3.29. The molecule has 0 aromatic rings. The van der Waals surface area contributed by atoms with Gasteiger partial charge in [-0.25, -0.2) is 0 Å². The van der Waals surface area contributed by atoms with Crippen molar-refractivity contribution < 1.29 is 4.21 Å². The zero-order chi connectivity index (χ0) is 8.36. The highest BCUT2D eigenvalue weighted by molar-refractivity contribution is 7.90. The summed E-state index contributed by atoms with van der Waals surface area (Å²) in [6.45, 7) is 9.77. The Morgan fingerprint density at radius 1 is 1.40 bits per heavy atom. The lowest BCUT2D eigenvalue weighted by atomic mass is 10.3. The molecule has 60 valence electrons. The van der Waals surface area contributed by atoms with E-state index in [0.717, 1.165) is 4.91 Å². The third-order valence-electron chi connectivity index (χ3n) is 1.26. The Labute approximate surface area is 66.0 Å². The van der Waals surface area contributed by atoms with Gasteiger partial charge in [0.1, 0.15) is 0 Å². The first-order valence-electron chi connectivity index (χ1n) is 3.44. The predicted octanol–water partition coefficient (Wildman–Crippen LogP) is 2.46. The van der Waals surface area contributed by atoms with Crippen molar-refractivity contribution in [3.05, 3.63) is 11.0 Å². The second-order valence-electron chi connectivity index (χ2n) is 3.28. The monoisotopic (exact) mass is 160 g/mol. The fourth-order valence-electron chi connectivity index (χ4n) is 0.590. The van der Waals surface area contributed by atoms with Crippen LogP contribution in [0.2, 0.25) is 0 Å². The van der Waals surface area contributed by atoms with E-state index >= 15 is 0 Å². The van der Waals surface area contributed by atoms with Crippen LogP contribution < -0.4 is 0 Å². The maximum atomic E-state index is 11.4. The molecule has 0 spiro atoms. The van der Waals surface area contributed by atoms with Crippen LogP contribution in [0.1, 0.15) is 34.6 Å². The summed E-state index contributed by atoms with van der Waals surface area (Å²) in [5.41, 5.74) is 0. The molecular weight excluding hydrogens is 144 g/mol.